The predicted octanol–water partition coefficient (Wildman–Crippen LogP) is 1.19. The van der Waals surface area contributed by atoms with E-state index in [1.807, 2.05) is 0 Å². The van der Waals surface area contributed by atoms with E-state index in [1.165, 1.54) is 0 Å². The first kappa shape index (κ1) is 22.7. The molecule has 26 heavy (non-hydrogen) atoms. The van der Waals surface area contributed by atoms with Crippen molar-refractivity contribution in [2.75, 3.05) is 53.0 Å². The van der Waals surface area contributed by atoms with E-state index >= 15 is 0 Å². The minimum Gasteiger partial charge on any atom is -0.381 e. The zero-order valence-corrected chi connectivity index (χ0v) is 16.9. The summed E-state index contributed by atoms with van der Waals surface area (Å²) in [5, 5.41) is 6.67. The van der Waals surface area contributed by atoms with Gasteiger partial charge in [0.1, 0.15) is 0 Å². The minimum absolute atomic E-state index is 0.0816. The highest BCUT2D eigenvalue weighted by molar-refractivity contribution is 5.79. The van der Waals surface area contributed by atoms with Crippen LogP contribution in [0.4, 0.5) is 0 Å². The first-order valence-electron chi connectivity index (χ1n) is 10.1. The number of likely N-dealkylation sites (tertiary alicyclic amines) is 1. The second kappa shape index (κ2) is 13.8. The molecule has 0 aliphatic carbocycles. The Labute approximate surface area is 159 Å². The van der Waals surface area contributed by atoms with Crippen LogP contribution in [0.15, 0.2) is 4.99 Å². The number of amides is 1. The molecular weight excluding hydrogens is 330 g/mol. The average molecular weight is 370 g/mol. The molecule has 0 bridgehead atoms. The molecule has 1 fully saturated rings. The average Bonchev–Trinajstić information content (AvgIpc) is 2.62. The number of carbonyl (C=O) groups is 1. The summed E-state index contributed by atoms with van der Waals surface area (Å²) in [6.07, 6.45) is 5.05. The first-order chi connectivity index (χ1) is 12.5. The molecule has 4 N–H and O–H groups in total. The highest BCUT2D eigenvalue weighted by Gasteiger charge is 2.22. The topological polar surface area (TPSA) is 92.0 Å². The summed E-state index contributed by atoms with van der Waals surface area (Å²) in [7, 11) is 1.80. The molecule has 1 amide bonds. The van der Waals surface area contributed by atoms with Crippen LogP contribution in [0.25, 0.3) is 0 Å². The van der Waals surface area contributed by atoms with Gasteiger partial charge in [-0.15, -0.1) is 0 Å². The SMILES string of the molecule is CN=C(NCCCCN1CCC(C(N)=O)CC1)NCCCOCC(C)C. The number of piperidine rings is 1. The van der Waals surface area contributed by atoms with E-state index < -0.39 is 0 Å². The molecule has 0 radical (unpaired) electrons. The highest BCUT2D eigenvalue weighted by atomic mass is 16.5. The fourth-order valence-corrected chi connectivity index (χ4v) is 3.03. The Kier molecular flexibility index (Phi) is 12.1. The fourth-order valence-electron chi connectivity index (χ4n) is 3.03. The Balaban J connectivity index is 1.98. The smallest absolute Gasteiger partial charge is 0.220 e. The molecule has 0 aromatic carbocycles. The number of primary amides is 1. The fraction of sp³-hybridized carbons (Fsp3) is 0.895. The summed E-state index contributed by atoms with van der Waals surface area (Å²) in [4.78, 5) is 17.9. The number of hydrogen-bond acceptors (Lipinski definition) is 4. The molecule has 0 unspecified atom stereocenters. The predicted molar refractivity (Wildman–Crippen MR) is 107 cm³/mol. The third kappa shape index (κ3) is 10.6. The van der Waals surface area contributed by atoms with Crippen molar-refractivity contribution in [3.05, 3.63) is 0 Å². The largest absolute Gasteiger partial charge is 0.381 e. The Morgan fingerprint density at radius 3 is 2.42 bits per heavy atom. The van der Waals surface area contributed by atoms with Crippen LogP contribution in [0.1, 0.15) is 46.0 Å². The monoisotopic (exact) mass is 369 g/mol. The molecule has 0 spiro atoms. The third-order valence-electron chi connectivity index (χ3n) is 4.62. The standard InChI is InChI=1S/C19H39N5O2/c1-16(2)15-26-14-6-10-23-19(21-3)22-9-4-5-11-24-12-7-17(8-13-24)18(20)25/h16-17H,4-15H2,1-3H3,(H2,20,25)(H2,21,22,23). The van der Waals surface area contributed by atoms with Crippen molar-refractivity contribution in [3.8, 4) is 0 Å². The van der Waals surface area contributed by atoms with Crippen LogP contribution in [0.5, 0.6) is 0 Å². The first-order valence-corrected chi connectivity index (χ1v) is 10.1. The summed E-state index contributed by atoms with van der Waals surface area (Å²) < 4.78 is 5.57. The molecule has 0 aromatic rings. The number of nitrogens with two attached hydrogens (primary N) is 1. The number of nitrogens with zero attached hydrogens (tertiary/aromatic N) is 2. The Morgan fingerprint density at radius 1 is 1.19 bits per heavy atom. The van der Waals surface area contributed by atoms with Gasteiger partial charge in [-0.05, 0) is 57.7 Å². The molecule has 0 atom stereocenters. The molecule has 7 nitrogen and oxygen atoms in total. The molecule has 1 rings (SSSR count). The lowest BCUT2D eigenvalue weighted by Gasteiger charge is -2.30. The molecule has 1 aliphatic heterocycles. The van der Waals surface area contributed by atoms with E-state index in [4.69, 9.17) is 10.5 Å². The molecule has 7 heteroatoms. The maximum absolute atomic E-state index is 11.2. The molecular formula is C19H39N5O2. The maximum atomic E-state index is 11.2. The van der Waals surface area contributed by atoms with E-state index in [9.17, 15) is 4.79 Å². The van der Waals surface area contributed by atoms with Gasteiger partial charge in [0.25, 0.3) is 0 Å². The van der Waals surface area contributed by atoms with Gasteiger partial charge in [0, 0.05) is 39.3 Å². The zero-order chi connectivity index (χ0) is 19.2. The van der Waals surface area contributed by atoms with Gasteiger partial charge in [-0.2, -0.15) is 0 Å². The lowest BCUT2D eigenvalue weighted by molar-refractivity contribution is -0.123. The molecule has 1 aliphatic rings. The zero-order valence-electron chi connectivity index (χ0n) is 16.9. The lowest BCUT2D eigenvalue weighted by Crippen LogP contribution is -2.40. The number of aliphatic imine (C=N–C) groups is 1. The van der Waals surface area contributed by atoms with Crippen molar-refractivity contribution in [1.82, 2.24) is 15.5 Å². The minimum atomic E-state index is -0.140. The van der Waals surface area contributed by atoms with E-state index in [1.54, 1.807) is 7.05 Å². The van der Waals surface area contributed by atoms with Crippen LogP contribution in [-0.2, 0) is 9.53 Å². The van der Waals surface area contributed by atoms with Gasteiger partial charge in [0.15, 0.2) is 5.96 Å². The van der Waals surface area contributed by atoms with E-state index in [0.717, 1.165) is 84.0 Å². The van der Waals surface area contributed by atoms with Crippen LogP contribution < -0.4 is 16.4 Å². The van der Waals surface area contributed by atoms with Gasteiger partial charge in [-0.3, -0.25) is 9.79 Å². The van der Waals surface area contributed by atoms with Crippen molar-refractivity contribution in [3.63, 3.8) is 0 Å². The lowest BCUT2D eigenvalue weighted by atomic mass is 9.96. The Hall–Kier alpha value is -1.34. The number of carbonyl (C=O) groups excluding carboxylic acids is 1. The van der Waals surface area contributed by atoms with Crippen molar-refractivity contribution >= 4 is 11.9 Å². The molecule has 1 saturated heterocycles. The van der Waals surface area contributed by atoms with Crippen molar-refractivity contribution in [2.45, 2.75) is 46.0 Å². The number of ether oxygens (including phenoxy) is 1. The van der Waals surface area contributed by atoms with E-state index in [-0.39, 0.29) is 11.8 Å². The Bertz CT molecular complexity index is 407. The normalized spacial score (nSPS) is 16.8. The second-order valence-electron chi connectivity index (χ2n) is 7.47. The number of nitrogens with one attached hydrogen (secondary N) is 2. The van der Waals surface area contributed by atoms with Crippen molar-refractivity contribution < 1.29 is 9.53 Å². The van der Waals surface area contributed by atoms with Gasteiger partial charge in [-0.25, -0.2) is 0 Å². The van der Waals surface area contributed by atoms with Crippen LogP contribution in [0.3, 0.4) is 0 Å². The highest BCUT2D eigenvalue weighted by Crippen LogP contribution is 2.16. The molecule has 0 aromatic heterocycles. The van der Waals surface area contributed by atoms with Crippen molar-refractivity contribution in [2.24, 2.45) is 22.6 Å². The molecule has 152 valence electrons. The van der Waals surface area contributed by atoms with Gasteiger partial charge in [0.2, 0.25) is 5.91 Å². The molecule has 1 heterocycles. The second-order valence-corrected chi connectivity index (χ2v) is 7.47. The van der Waals surface area contributed by atoms with Crippen LogP contribution >= 0.6 is 0 Å². The third-order valence-corrected chi connectivity index (χ3v) is 4.62. The van der Waals surface area contributed by atoms with Crippen LogP contribution in [0.2, 0.25) is 0 Å². The van der Waals surface area contributed by atoms with Crippen molar-refractivity contribution in [1.29, 1.82) is 0 Å². The van der Waals surface area contributed by atoms with Gasteiger partial charge in [0.05, 0.1) is 0 Å². The maximum Gasteiger partial charge on any atom is 0.220 e. The summed E-state index contributed by atoms with van der Waals surface area (Å²) in [5.74, 6) is 1.39. The summed E-state index contributed by atoms with van der Waals surface area (Å²) >= 11 is 0. The quantitative estimate of drug-likeness (QED) is 0.273. The van der Waals surface area contributed by atoms with Gasteiger partial charge >= 0.3 is 0 Å². The summed E-state index contributed by atoms with van der Waals surface area (Å²) in [5.41, 5.74) is 5.37. The van der Waals surface area contributed by atoms with Crippen LogP contribution in [0, 0.1) is 11.8 Å². The molecule has 0 saturated carbocycles. The van der Waals surface area contributed by atoms with E-state index in [2.05, 4.69) is 34.4 Å². The number of unbranched alkanes of at least 4 members (excludes halogenated alkanes) is 1. The van der Waals surface area contributed by atoms with Gasteiger partial charge in [-0.1, -0.05) is 13.8 Å². The van der Waals surface area contributed by atoms with Crippen LogP contribution in [-0.4, -0.2) is 69.8 Å². The number of hydrogen-bond donors (Lipinski definition) is 3. The van der Waals surface area contributed by atoms with E-state index in [0.29, 0.717) is 5.92 Å². The van der Waals surface area contributed by atoms with Gasteiger partial charge < -0.3 is 26.0 Å². The summed E-state index contributed by atoms with van der Waals surface area (Å²) in [6.45, 7) is 10.8. The number of rotatable bonds is 12. The Morgan fingerprint density at radius 2 is 1.85 bits per heavy atom. The number of guanidine groups is 1. The summed E-state index contributed by atoms with van der Waals surface area (Å²) in [6, 6.07) is 0.